The van der Waals surface area contributed by atoms with Crippen LogP contribution in [0.25, 0.3) is 0 Å². The highest BCUT2D eigenvalue weighted by Gasteiger charge is 2.42. The molecule has 8 atom stereocenters. The average Bonchev–Trinajstić information content (AvgIpc) is 2.78. The quantitative estimate of drug-likeness (QED) is 0.631. The zero-order valence-electron chi connectivity index (χ0n) is 27.7. The van der Waals surface area contributed by atoms with Crippen molar-refractivity contribution in [1.29, 1.82) is 1.43 Å². The first-order valence-electron chi connectivity index (χ1n) is 15.6. The standard InChI is InChI=1S/C24H36O5/c1-5-15(3)24(27)29-21-11-14(2)10-17-7-6-16(4)20(23(17)21)9-8-19-12-18(25)13-22(26)28-19/h6-7,10,14-16,18-21,23,25H,5,8-9,11-13H2,1-4H3/t14-,15-,16-,18+,19?,20-,21-,23-/m0/s1/i1D3,3D3,5D2,13D2,25D. The molecule has 5 heteroatoms. The third kappa shape index (κ3) is 5.30. The smallest absolute Gasteiger partial charge is 0.308 e. The Balaban J connectivity index is 1.85. The van der Waals surface area contributed by atoms with Crippen LogP contribution in [-0.2, 0) is 19.1 Å². The molecule has 1 N–H and O–H groups in total. The minimum Gasteiger partial charge on any atom is -0.462 e. The molecule has 1 saturated heterocycles. The van der Waals surface area contributed by atoms with Crippen LogP contribution in [0, 0.1) is 29.6 Å². The number of aliphatic hydroxyl groups is 1. The van der Waals surface area contributed by atoms with E-state index in [0.717, 1.165) is 5.57 Å². The lowest BCUT2D eigenvalue weighted by Gasteiger charge is -2.43. The molecule has 29 heavy (non-hydrogen) atoms. The second kappa shape index (κ2) is 9.46. The van der Waals surface area contributed by atoms with E-state index in [1.54, 1.807) is 0 Å². The summed E-state index contributed by atoms with van der Waals surface area (Å²) in [6.45, 7) is -2.80. The molecule has 0 radical (unpaired) electrons. The van der Waals surface area contributed by atoms with Gasteiger partial charge in [-0.05, 0) is 49.0 Å². The highest BCUT2D eigenvalue weighted by Crippen LogP contribution is 2.45. The molecule has 1 heterocycles. The highest BCUT2D eigenvalue weighted by atomic mass is 16.5. The zero-order valence-corrected chi connectivity index (χ0v) is 16.7. The minimum atomic E-state index is -3.38. The number of hydrogen-bond donors (Lipinski definition) is 1. The van der Waals surface area contributed by atoms with Gasteiger partial charge in [0.1, 0.15) is 12.2 Å². The lowest BCUT2D eigenvalue weighted by Crippen LogP contribution is -2.42. The molecule has 1 fully saturated rings. The molecule has 1 aliphatic heterocycles. The Morgan fingerprint density at radius 3 is 3.10 bits per heavy atom. The summed E-state index contributed by atoms with van der Waals surface area (Å²) in [6.07, 6.45) is -1.66. The van der Waals surface area contributed by atoms with E-state index in [1.807, 2.05) is 32.1 Å². The van der Waals surface area contributed by atoms with E-state index in [1.165, 1.54) is 0 Å². The van der Waals surface area contributed by atoms with Crippen LogP contribution >= 0.6 is 0 Å². The predicted molar refractivity (Wildman–Crippen MR) is 111 cm³/mol. The van der Waals surface area contributed by atoms with Crippen LogP contribution in [-0.4, -0.2) is 36.8 Å². The molecular weight excluding hydrogens is 368 g/mol. The van der Waals surface area contributed by atoms with Gasteiger partial charge < -0.3 is 14.6 Å². The summed E-state index contributed by atoms with van der Waals surface area (Å²) in [4.78, 5) is 25.4. The second-order valence-corrected chi connectivity index (χ2v) is 8.31. The normalized spacial score (nSPS) is 46.6. The van der Waals surface area contributed by atoms with Crippen LogP contribution in [0.4, 0.5) is 0 Å². The fraction of sp³-hybridized carbons (Fsp3) is 0.750. The Hall–Kier alpha value is -1.62. The molecule has 0 bridgehead atoms. The largest absolute Gasteiger partial charge is 0.462 e. The fourth-order valence-corrected chi connectivity index (χ4v) is 4.72. The molecule has 0 spiro atoms. The number of fused-ring (bicyclic) bond motifs is 1. The highest BCUT2D eigenvalue weighted by molar-refractivity contribution is 5.72. The van der Waals surface area contributed by atoms with Crippen molar-refractivity contribution in [2.75, 3.05) is 0 Å². The molecule has 3 rings (SSSR count). The Labute approximate surface area is 190 Å². The van der Waals surface area contributed by atoms with Crippen molar-refractivity contribution in [2.45, 2.75) is 84.3 Å². The lowest BCUT2D eigenvalue weighted by atomic mass is 9.65. The number of aliphatic hydroxyl groups excluding tert-OH is 1. The van der Waals surface area contributed by atoms with Crippen LogP contribution in [0.2, 0.25) is 0 Å². The van der Waals surface area contributed by atoms with Gasteiger partial charge >= 0.3 is 11.9 Å². The third-order valence-electron chi connectivity index (χ3n) is 6.09. The Morgan fingerprint density at radius 2 is 2.34 bits per heavy atom. The number of cyclic esters (lactones) is 1. The van der Waals surface area contributed by atoms with E-state index < -0.39 is 68.5 Å². The van der Waals surface area contributed by atoms with Crippen molar-refractivity contribution in [1.82, 2.24) is 0 Å². The predicted octanol–water partition coefficient (Wildman–Crippen LogP) is 4.20. The average molecular weight is 416 g/mol. The minimum absolute atomic E-state index is 0.00748. The van der Waals surface area contributed by atoms with Gasteiger partial charge in [-0.2, -0.15) is 0 Å². The monoisotopic (exact) mass is 415 g/mol. The van der Waals surface area contributed by atoms with E-state index in [9.17, 15) is 9.59 Å². The van der Waals surface area contributed by atoms with Crippen LogP contribution in [0.5, 0.6) is 0 Å². The Morgan fingerprint density at radius 1 is 1.48 bits per heavy atom. The Kier molecular flexibility index (Phi) is 3.81. The van der Waals surface area contributed by atoms with Crippen LogP contribution in [0.3, 0.4) is 0 Å². The maximum absolute atomic E-state index is 13.3. The number of rotatable bonds is 7. The first kappa shape index (κ1) is 11.7. The van der Waals surface area contributed by atoms with Crippen molar-refractivity contribution in [2.24, 2.45) is 29.6 Å². The number of carbonyl (C=O) groups is 2. The first-order valence-corrected chi connectivity index (χ1v) is 10.1. The van der Waals surface area contributed by atoms with Crippen molar-refractivity contribution in [3.8, 4) is 0 Å². The zero-order chi connectivity index (χ0) is 30.4. The van der Waals surface area contributed by atoms with E-state index >= 15 is 0 Å². The summed E-state index contributed by atoms with van der Waals surface area (Å²) in [5.74, 6) is -5.76. The van der Waals surface area contributed by atoms with Crippen molar-refractivity contribution in [3.63, 3.8) is 0 Å². The molecular formula is C24H36O5. The van der Waals surface area contributed by atoms with E-state index in [4.69, 9.17) is 24.6 Å². The van der Waals surface area contributed by atoms with Gasteiger partial charge in [-0.15, -0.1) is 0 Å². The number of esters is 2. The number of allylic oxidation sites excluding steroid dienone is 3. The maximum Gasteiger partial charge on any atom is 0.308 e. The Bertz CT molecular complexity index is 1020. The SMILES string of the molecule is [2H]O[C@@H]1CC(CC[C@@H]2[C@@H]3C(=C[C@H](C)C[C@@H]3OC(=O)[C@@H](C([2H])([2H])[2H])C([2H])([2H])C([2H])([2H])[2H])C=C[C@@H]2C)OC(=O)C1([2H])[2H]. The van der Waals surface area contributed by atoms with Crippen LogP contribution < -0.4 is 0 Å². The summed E-state index contributed by atoms with van der Waals surface area (Å²) in [7, 11) is 0. The summed E-state index contributed by atoms with van der Waals surface area (Å²) < 4.78 is 95.6. The van der Waals surface area contributed by atoms with Gasteiger partial charge in [-0.1, -0.05) is 45.8 Å². The van der Waals surface area contributed by atoms with Gasteiger partial charge in [0.05, 0.1) is 18.4 Å². The third-order valence-corrected chi connectivity index (χ3v) is 6.09. The molecule has 1 unspecified atom stereocenters. The molecule has 0 aromatic heterocycles. The van der Waals surface area contributed by atoms with Crippen LogP contribution in [0.15, 0.2) is 23.8 Å². The van der Waals surface area contributed by atoms with Crippen LogP contribution in [0.1, 0.15) is 79.7 Å². The van der Waals surface area contributed by atoms with Gasteiger partial charge in [0, 0.05) is 26.0 Å². The lowest BCUT2D eigenvalue weighted by molar-refractivity contribution is -0.162. The maximum atomic E-state index is 13.3. The summed E-state index contributed by atoms with van der Waals surface area (Å²) in [5, 5.41) is 4.46. The van der Waals surface area contributed by atoms with Crippen molar-refractivity contribution < 1.29 is 37.9 Å². The number of carbonyl (C=O) groups excluding carboxylic acids is 2. The van der Waals surface area contributed by atoms with Gasteiger partial charge in [-0.25, -0.2) is 0 Å². The number of ether oxygens (including phenoxy) is 2. The van der Waals surface area contributed by atoms with Gasteiger partial charge in [-0.3, -0.25) is 9.59 Å². The van der Waals surface area contributed by atoms with Gasteiger partial charge in [0.15, 0.2) is 0 Å². The molecule has 3 aliphatic rings. The molecule has 0 aromatic carbocycles. The second-order valence-electron chi connectivity index (χ2n) is 8.31. The summed E-state index contributed by atoms with van der Waals surface area (Å²) in [5.41, 5.74) is 0.855. The number of hydrogen-bond acceptors (Lipinski definition) is 5. The van der Waals surface area contributed by atoms with E-state index in [0.29, 0.717) is 19.3 Å². The van der Waals surface area contributed by atoms with Crippen molar-refractivity contribution in [3.05, 3.63) is 23.8 Å². The van der Waals surface area contributed by atoms with Gasteiger partial charge in [0.2, 0.25) is 1.43 Å². The van der Waals surface area contributed by atoms with E-state index in [-0.39, 0.29) is 24.2 Å². The van der Waals surface area contributed by atoms with Crippen molar-refractivity contribution >= 4 is 11.9 Å². The fourth-order valence-electron chi connectivity index (χ4n) is 4.72. The topological polar surface area (TPSA) is 72.8 Å². The molecule has 5 nitrogen and oxygen atoms in total. The molecule has 0 saturated carbocycles. The van der Waals surface area contributed by atoms with E-state index in [2.05, 4.69) is 5.11 Å². The molecule has 162 valence electrons. The summed E-state index contributed by atoms with van der Waals surface area (Å²) in [6, 6.07) is 0. The molecule has 2 aliphatic carbocycles. The molecule has 0 aromatic rings. The summed E-state index contributed by atoms with van der Waals surface area (Å²) >= 11 is 0. The first-order chi connectivity index (χ1) is 18.2. The molecule has 0 amide bonds. The van der Waals surface area contributed by atoms with Gasteiger partial charge in [0.25, 0.3) is 0 Å².